The van der Waals surface area contributed by atoms with E-state index in [2.05, 4.69) is 9.82 Å². The third-order valence-corrected chi connectivity index (χ3v) is 8.58. The van der Waals surface area contributed by atoms with Crippen LogP contribution in [0.4, 0.5) is 24.5 Å². The highest BCUT2D eigenvalue weighted by Crippen LogP contribution is 2.29. The van der Waals surface area contributed by atoms with Crippen molar-refractivity contribution in [2.75, 3.05) is 23.2 Å². The lowest BCUT2D eigenvalue weighted by molar-refractivity contribution is -0.192. The fraction of sp³-hybridized carbons (Fsp3) is 0.348. The number of hydrogen-bond acceptors (Lipinski definition) is 7. The first-order valence-corrected chi connectivity index (χ1v) is 13.8. The minimum Gasteiger partial charge on any atom is -0.478 e. The monoisotopic (exact) mass is 610 g/mol. The number of carboxylic acids is 2. The Labute approximate surface area is 231 Å². The van der Waals surface area contributed by atoms with Crippen molar-refractivity contribution < 1.29 is 41.4 Å². The van der Waals surface area contributed by atoms with Crippen LogP contribution in [0.3, 0.4) is 0 Å². The Kier molecular flexibility index (Phi) is 10.4. The molecule has 0 atom stereocenters. The van der Waals surface area contributed by atoms with Crippen LogP contribution in [0.25, 0.3) is 0 Å². The van der Waals surface area contributed by atoms with E-state index in [1.54, 1.807) is 12.1 Å². The van der Waals surface area contributed by atoms with E-state index in [4.69, 9.17) is 21.5 Å². The number of thiophene rings is 1. The highest BCUT2D eigenvalue weighted by Gasteiger charge is 2.38. The summed E-state index contributed by atoms with van der Waals surface area (Å²) in [5.41, 5.74) is 3.90. The van der Waals surface area contributed by atoms with E-state index in [-0.39, 0.29) is 15.5 Å². The van der Waals surface area contributed by atoms with E-state index in [1.807, 2.05) is 37.4 Å². The molecule has 0 amide bonds. The number of aliphatic carboxylic acids is 1. The van der Waals surface area contributed by atoms with Crippen molar-refractivity contribution in [2.45, 2.75) is 44.1 Å². The third-order valence-electron chi connectivity index (χ3n) is 5.47. The van der Waals surface area contributed by atoms with Crippen molar-refractivity contribution in [1.29, 1.82) is 0 Å². The Balaban J connectivity index is 0.000000673. The number of sulfonamides is 1. The summed E-state index contributed by atoms with van der Waals surface area (Å²) in [7, 11) is -2.04. The number of aromatic carboxylic acids is 1. The topological polar surface area (TPSA) is 142 Å². The minimum atomic E-state index is -5.08. The fourth-order valence-corrected chi connectivity index (χ4v) is 6.09. The van der Waals surface area contributed by atoms with Gasteiger partial charge in [-0.25, -0.2) is 18.0 Å². The molecule has 1 aromatic carbocycles. The van der Waals surface area contributed by atoms with Crippen molar-refractivity contribution in [1.82, 2.24) is 9.78 Å². The summed E-state index contributed by atoms with van der Waals surface area (Å²) in [5.74, 6) is -3.90. The van der Waals surface area contributed by atoms with Gasteiger partial charge in [-0.15, -0.1) is 11.3 Å². The quantitative estimate of drug-likeness (QED) is 0.306. The molecule has 3 rings (SSSR count). The lowest BCUT2D eigenvalue weighted by atomic mass is 10.1. The Morgan fingerprint density at radius 1 is 1.18 bits per heavy atom. The normalized spacial score (nSPS) is 11.5. The van der Waals surface area contributed by atoms with Crippen LogP contribution in [0.1, 0.15) is 34.2 Å². The van der Waals surface area contributed by atoms with Crippen LogP contribution in [0.15, 0.2) is 34.5 Å². The van der Waals surface area contributed by atoms with Crippen molar-refractivity contribution in [3.05, 3.63) is 57.2 Å². The highest BCUT2D eigenvalue weighted by molar-refractivity contribution is 7.94. The Bertz CT molecular complexity index is 1450. The van der Waals surface area contributed by atoms with Crippen LogP contribution < -0.4 is 9.62 Å². The van der Waals surface area contributed by atoms with Crippen molar-refractivity contribution in [2.24, 2.45) is 0 Å². The van der Waals surface area contributed by atoms with Gasteiger partial charge in [0.25, 0.3) is 10.0 Å². The summed E-state index contributed by atoms with van der Waals surface area (Å²) in [5, 5.41) is 21.4. The van der Waals surface area contributed by atoms with Crippen LogP contribution in [0.5, 0.6) is 0 Å². The van der Waals surface area contributed by atoms with Gasteiger partial charge in [-0.05, 0) is 63.1 Å². The van der Waals surface area contributed by atoms with Gasteiger partial charge in [0.2, 0.25) is 0 Å². The number of carbonyl (C=O) groups is 2. The molecule has 0 bridgehead atoms. The number of anilines is 2. The average Bonchev–Trinajstić information content (AvgIpc) is 3.39. The first-order chi connectivity index (χ1) is 18.0. The second-order valence-corrected chi connectivity index (χ2v) is 11.8. The van der Waals surface area contributed by atoms with Gasteiger partial charge in [0.15, 0.2) is 0 Å². The number of nitrogens with one attached hydrogen (secondary N) is 1. The molecule has 0 saturated carbocycles. The van der Waals surface area contributed by atoms with Crippen molar-refractivity contribution in [3.63, 3.8) is 0 Å². The molecule has 3 aromatic rings. The molecule has 0 aliphatic rings. The second-order valence-electron chi connectivity index (χ2n) is 8.14. The van der Waals surface area contributed by atoms with E-state index >= 15 is 0 Å². The zero-order chi connectivity index (χ0) is 29.7. The molecule has 0 fully saturated rings. The van der Waals surface area contributed by atoms with E-state index in [0.29, 0.717) is 23.0 Å². The molecule has 10 nitrogen and oxygen atoms in total. The van der Waals surface area contributed by atoms with Gasteiger partial charge in [-0.1, -0.05) is 11.6 Å². The Morgan fingerprint density at radius 3 is 2.26 bits per heavy atom. The van der Waals surface area contributed by atoms with Crippen molar-refractivity contribution in [3.8, 4) is 0 Å². The number of aromatic nitrogens is 2. The predicted octanol–water partition coefficient (Wildman–Crippen LogP) is 5.05. The molecular formula is C23H26ClF3N4O6S2. The molecule has 0 aliphatic heterocycles. The molecule has 16 heteroatoms. The van der Waals surface area contributed by atoms with Gasteiger partial charge >= 0.3 is 18.1 Å². The number of aryl methyl sites for hydroxylation is 2. The maximum Gasteiger partial charge on any atom is 0.490 e. The molecule has 214 valence electrons. The lowest BCUT2D eigenvalue weighted by Gasteiger charge is -2.22. The van der Waals surface area contributed by atoms with Gasteiger partial charge in [-0.2, -0.15) is 18.3 Å². The molecule has 3 N–H and O–H groups in total. The largest absolute Gasteiger partial charge is 0.490 e. The number of benzene rings is 1. The van der Waals surface area contributed by atoms with Crippen LogP contribution in [0, 0.1) is 13.8 Å². The smallest absolute Gasteiger partial charge is 0.478 e. The van der Waals surface area contributed by atoms with Gasteiger partial charge < -0.3 is 15.1 Å². The van der Waals surface area contributed by atoms with Crippen LogP contribution in [0.2, 0.25) is 4.34 Å². The van der Waals surface area contributed by atoms with Gasteiger partial charge in [0.05, 0.1) is 21.3 Å². The highest BCUT2D eigenvalue weighted by atomic mass is 35.5. The zero-order valence-corrected chi connectivity index (χ0v) is 23.6. The fourth-order valence-electron chi connectivity index (χ4n) is 3.55. The summed E-state index contributed by atoms with van der Waals surface area (Å²) in [4.78, 5) is 22.7. The Hall–Kier alpha value is -3.30. The molecule has 0 radical (unpaired) electrons. The number of halogens is 4. The van der Waals surface area contributed by atoms with Crippen molar-refractivity contribution >= 4 is 56.3 Å². The number of nitrogens with zero attached hydrogens (tertiary/aromatic N) is 3. The predicted molar refractivity (Wildman–Crippen MR) is 142 cm³/mol. The van der Waals surface area contributed by atoms with E-state index in [1.165, 1.54) is 18.2 Å². The van der Waals surface area contributed by atoms with Gasteiger partial charge in [0.1, 0.15) is 4.21 Å². The summed E-state index contributed by atoms with van der Waals surface area (Å²) < 4.78 is 61.6. The number of likely N-dealkylation sites (N-methyl/N-ethyl adjacent to an activating group) is 1. The molecule has 0 aliphatic carbocycles. The molecule has 39 heavy (non-hydrogen) atoms. The summed E-state index contributed by atoms with van der Waals surface area (Å²) in [6, 6.07) is 7.39. The van der Waals surface area contributed by atoms with Crippen LogP contribution in [-0.2, 0) is 27.8 Å². The number of alkyl halides is 3. The maximum absolute atomic E-state index is 12.5. The van der Waals surface area contributed by atoms with E-state index in [0.717, 1.165) is 34.8 Å². The standard InChI is InChI=1S/C21H25ClN4O4S2.C2HF3O2/c1-5-26-14(3)16(13(2)23-26)10-11-25(4)18-7-6-15(12-17(18)21(27)28)24-32(29,30)20-9-8-19(22)31-20;3-2(4,5)1(6)7/h6-9,12,24H,5,10-11H2,1-4H3,(H,27,28);(H,6,7). The summed E-state index contributed by atoms with van der Waals surface area (Å²) in [6.45, 7) is 7.41. The molecule has 2 aromatic heterocycles. The Morgan fingerprint density at radius 2 is 1.79 bits per heavy atom. The maximum atomic E-state index is 12.5. The first kappa shape index (κ1) is 31.9. The number of rotatable bonds is 9. The number of hydrogen-bond donors (Lipinski definition) is 3. The minimum absolute atomic E-state index is 0.00890. The number of carboxylic acid groups (broad SMARTS) is 2. The third kappa shape index (κ3) is 8.34. The van der Waals surface area contributed by atoms with E-state index in [9.17, 15) is 31.5 Å². The zero-order valence-electron chi connectivity index (χ0n) is 21.2. The molecular weight excluding hydrogens is 585 g/mol. The SMILES string of the molecule is CCn1nc(C)c(CCN(C)c2ccc(NS(=O)(=O)c3ccc(Cl)s3)cc2C(=O)O)c1C.O=C(O)C(F)(F)F. The molecule has 2 heterocycles. The van der Waals surface area contributed by atoms with E-state index < -0.39 is 28.1 Å². The summed E-state index contributed by atoms with van der Waals surface area (Å²) >= 11 is 6.76. The van der Waals surface area contributed by atoms with Crippen LogP contribution >= 0.6 is 22.9 Å². The summed E-state index contributed by atoms with van der Waals surface area (Å²) in [6.07, 6.45) is -4.37. The van der Waals surface area contributed by atoms with Gasteiger partial charge in [0, 0.05) is 31.5 Å². The van der Waals surface area contributed by atoms with Crippen LogP contribution in [-0.4, -0.2) is 60.1 Å². The first-order valence-electron chi connectivity index (χ1n) is 11.2. The molecule has 0 unspecified atom stereocenters. The lowest BCUT2D eigenvalue weighted by Crippen LogP contribution is -2.23. The second kappa shape index (κ2) is 12.7. The molecule has 0 saturated heterocycles. The molecule has 0 spiro atoms. The van der Waals surface area contributed by atoms with Gasteiger partial charge in [-0.3, -0.25) is 9.40 Å². The average molecular weight is 611 g/mol.